The molecule has 170 valence electrons. The maximum Gasteiger partial charge on any atom is 0.254 e. The predicted octanol–water partition coefficient (Wildman–Crippen LogP) is 5.66. The average Bonchev–Trinajstić information content (AvgIpc) is 3.46. The number of thioether (sulfide) groups is 1. The van der Waals surface area contributed by atoms with E-state index in [0.717, 1.165) is 73.5 Å². The van der Waals surface area contributed by atoms with Crippen LogP contribution >= 0.6 is 11.8 Å². The molecular formula is C26H38N2O2S. The number of hydrogen-bond acceptors (Lipinski definition) is 3. The van der Waals surface area contributed by atoms with Crippen LogP contribution in [-0.2, 0) is 9.59 Å². The molecule has 0 spiro atoms. The third kappa shape index (κ3) is 3.81. The van der Waals surface area contributed by atoms with Crippen LogP contribution in [0.15, 0.2) is 4.99 Å². The van der Waals surface area contributed by atoms with Crippen molar-refractivity contribution in [3.05, 3.63) is 0 Å². The van der Waals surface area contributed by atoms with Gasteiger partial charge in [-0.1, -0.05) is 43.9 Å². The molecule has 5 heteroatoms. The van der Waals surface area contributed by atoms with Crippen molar-refractivity contribution in [2.45, 2.75) is 89.9 Å². The second-order valence-electron chi connectivity index (χ2n) is 11.9. The van der Waals surface area contributed by atoms with Crippen molar-refractivity contribution >= 4 is 28.7 Å². The monoisotopic (exact) mass is 442 g/mol. The first kappa shape index (κ1) is 20.7. The van der Waals surface area contributed by atoms with Crippen molar-refractivity contribution in [1.82, 2.24) is 4.90 Å². The summed E-state index contributed by atoms with van der Waals surface area (Å²) in [6.07, 6.45) is 17.1. The summed E-state index contributed by atoms with van der Waals surface area (Å²) >= 11 is 1.62. The van der Waals surface area contributed by atoms with Gasteiger partial charge in [0.05, 0.1) is 5.41 Å². The molecule has 0 aromatic carbocycles. The Labute approximate surface area is 191 Å². The molecule has 1 aliphatic heterocycles. The van der Waals surface area contributed by atoms with Gasteiger partial charge in [0.1, 0.15) is 0 Å². The summed E-state index contributed by atoms with van der Waals surface area (Å²) in [7, 11) is 0. The van der Waals surface area contributed by atoms with E-state index in [9.17, 15) is 9.59 Å². The molecule has 4 nitrogen and oxygen atoms in total. The van der Waals surface area contributed by atoms with E-state index in [2.05, 4.69) is 4.99 Å². The average molecular weight is 443 g/mol. The highest BCUT2D eigenvalue weighted by molar-refractivity contribution is 8.14. The van der Waals surface area contributed by atoms with Gasteiger partial charge >= 0.3 is 0 Å². The van der Waals surface area contributed by atoms with Crippen molar-refractivity contribution in [2.24, 2.45) is 45.9 Å². The van der Waals surface area contributed by atoms with E-state index >= 15 is 0 Å². The van der Waals surface area contributed by atoms with Gasteiger partial charge in [-0.15, -0.1) is 0 Å². The van der Waals surface area contributed by atoms with Gasteiger partial charge in [-0.05, 0) is 86.9 Å². The van der Waals surface area contributed by atoms with Gasteiger partial charge in [0.2, 0.25) is 5.91 Å². The summed E-state index contributed by atoms with van der Waals surface area (Å²) in [5, 5.41) is 0.713. The molecular weight excluding hydrogens is 404 g/mol. The van der Waals surface area contributed by atoms with Gasteiger partial charge in [-0.2, -0.15) is 4.99 Å². The van der Waals surface area contributed by atoms with Gasteiger partial charge in [-0.25, -0.2) is 0 Å². The van der Waals surface area contributed by atoms with Crippen LogP contribution in [0.4, 0.5) is 0 Å². The van der Waals surface area contributed by atoms with Crippen LogP contribution in [0.3, 0.4) is 0 Å². The normalized spacial score (nSPS) is 44.8. The first-order chi connectivity index (χ1) is 15.1. The van der Waals surface area contributed by atoms with Crippen molar-refractivity contribution in [2.75, 3.05) is 12.3 Å². The van der Waals surface area contributed by atoms with Crippen LogP contribution in [-0.4, -0.2) is 34.2 Å². The molecule has 7 unspecified atom stereocenters. The summed E-state index contributed by atoms with van der Waals surface area (Å²) in [6.45, 7) is 0.728. The van der Waals surface area contributed by atoms with Crippen molar-refractivity contribution in [1.29, 1.82) is 0 Å². The second kappa shape index (κ2) is 8.18. The summed E-state index contributed by atoms with van der Waals surface area (Å²) in [6, 6.07) is 0. The van der Waals surface area contributed by atoms with Gasteiger partial charge in [-0.3, -0.25) is 14.5 Å². The Hall–Kier alpha value is -0.840. The van der Waals surface area contributed by atoms with Crippen molar-refractivity contribution in [3.8, 4) is 0 Å². The summed E-state index contributed by atoms with van der Waals surface area (Å²) in [4.78, 5) is 33.0. The van der Waals surface area contributed by atoms with Crippen LogP contribution < -0.4 is 0 Å². The Bertz CT molecular complexity index is 777. The number of hydrogen-bond donors (Lipinski definition) is 0. The van der Waals surface area contributed by atoms with E-state index < -0.39 is 0 Å². The minimum absolute atomic E-state index is 0.105. The standard InChI is InChI=1S/C26H38N2O2S/c29-23(9-6-17-4-7-19-2-1-3-20(19)12-17)28-10-11-31-25(28)27-24(30)26-14-18-5-8-21(15-26)22(13-18)16-26/h17-22H,1-16H2/b27-25-. The molecule has 0 radical (unpaired) electrons. The van der Waals surface area contributed by atoms with Crippen LogP contribution in [0.1, 0.15) is 89.9 Å². The van der Waals surface area contributed by atoms with E-state index in [0.29, 0.717) is 11.6 Å². The van der Waals surface area contributed by atoms with Crippen LogP contribution in [0.25, 0.3) is 0 Å². The first-order valence-electron chi connectivity index (χ1n) is 13.2. The number of amides is 2. The van der Waals surface area contributed by atoms with Gasteiger partial charge in [0.25, 0.3) is 5.91 Å². The summed E-state index contributed by atoms with van der Waals surface area (Å²) in [5.41, 5.74) is -0.195. The van der Waals surface area contributed by atoms with Gasteiger partial charge < -0.3 is 0 Å². The summed E-state index contributed by atoms with van der Waals surface area (Å²) < 4.78 is 0. The number of carbonyl (C=O) groups is 2. The molecule has 0 aromatic rings. The van der Waals surface area contributed by atoms with Gasteiger partial charge in [0, 0.05) is 18.7 Å². The molecule has 0 aromatic heterocycles. The molecule has 6 fully saturated rings. The van der Waals surface area contributed by atoms with E-state index in [1.54, 1.807) is 11.8 Å². The van der Waals surface area contributed by atoms with Crippen LogP contribution in [0, 0.1) is 40.9 Å². The summed E-state index contributed by atoms with van der Waals surface area (Å²) in [5.74, 6) is 6.10. The van der Waals surface area contributed by atoms with E-state index in [-0.39, 0.29) is 17.2 Å². The Kier molecular flexibility index (Phi) is 5.48. The molecule has 1 heterocycles. The molecule has 5 saturated carbocycles. The Morgan fingerprint density at radius 3 is 2.71 bits per heavy atom. The predicted molar refractivity (Wildman–Crippen MR) is 125 cm³/mol. The largest absolute Gasteiger partial charge is 0.290 e. The fourth-order valence-electron chi connectivity index (χ4n) is 8.65. The van der Waals surface area contributed by atoms with Crippen LogP contribution in [0.5, 0.6) is 0 Å². The van der Waals surface area contributed by atoms with E-state index in [1.807, 2.05) is 4.90 Å². The number of aliphatic imine (C=N–C) groups is 1. The molecule has 31 heavy (non-hydrogen) atoms. The maximum absolute atomic E-state index is 13.4. The smallest absolute Gasteiger partial charge is 0.254 e. The quantitative estimate of drug-likeness (QED) is 0.565. The fourth-order valence-corrected chi connectivity index (χ4v) is 9.60. The Morgan fingerprint density at radius 1 is 0.935 bits per heavy atom. The second-order valence-corrected chi connectivity index (χ2v) is 12.9. The molecule has 0 N–H and O–H groups in total. The third-order valence-electron chi connectivity index (χ3n) is 10.1. The highest BCUT2D eigenvalue weighted by atomic mass is 32.2. The highest BCUT2D eigenvalue weighted by Crippen LogP contribution is 2.62. The zero-order valence-electron chi connectivity index (χ0n) is 18.9. The molecule has 2 amide bonds. The minimum Gasteiger partial charge on any atom is -0.290 e. The zero-order chi connectivity index (χ0) is 21.0. The Balaban J connectivity index is 1.08. The van der Waals surface area contributed by atoms with Crippen LogP contribution in [0.2, 0.25) is 0 Å². The molecule has 6 aliphatic rings. The molecule has 1 saturated heterocycles. The zero-order valence-corrected chi connectivity index (χ0v) is 19.7. The van der Waals surface area contributed by atoms with Crippen molar-refractivity contribution < 1.29 is 9.59 Å². The number of carbonyl (C=O) groups excluding carboxylic acids is 2. The number of nitrogens with zero attached hydrogens (tertiary/aromatic N) is 2. The molecule has 3 bridgehead atoms. The number of fused-ring (bicyclic) bond motifs is 3. The van der Waals surface area contributed by atoms with Crippen molar-refractivity contribution in [3.63, 3.8) is 0 Å². The topological polar surface area (TPSA) is 49.7 Å². The maximum atomic E-state index is 13.4. The number of rotatable bonds is 4. The molecule has 5 aliphatic carbocycles. The SMILES string of the molecule is O=C(CCC1CCC2CCCC2C1)N1CCS/C1=N\C(=O)C12CC3CCC(C1)C(C3)C2. The lowest BCUT2D eigenvalue weighted by Crippen LogP contribution is -2.37. The van der Waals surface area contributed by atoms with Gasteiger partial charge in [0.15, 0.2) is 5.17 Å². The van der Waals surface area contributed by atoms with E-state index in [1.165, 1.54) is 57.8 Å². The third-order valence-corrected chi connectivity index (χ3v) is 11.1. The first-order valence-corrected chi connectivity index (χ1v) is 14.1. The fraction of sp³-hybridized carbons (Fsp3) is 0.885. The highest BCUT2D eigenvalue weighted by Gasteiger charge is 2.56. The molecule has 7 atom stereocenters. The molecule has 6 rings (SSSR count). The minimum atomic E-state index is -0.195. The Morgan fingerprint density at radius 2 is 1.77 bits per heavy atom. The van der Waals surface area contributed by atoms with E-state index in [4.69, 9.17) is 0 Å². The lowest BCUT2D eigenvalue weighted by molar-refractivity contribution is -0.129. The lowest BCUT2D eigenvalue weighted by Gasteiger charge is -2.37. The number of amidine groups is 1. The lowest BCUT2D eigenvalue weighted by atomic mass is 9.67.